The van der Waals surface area contributed by atoms with E-state index in [1.54, 1.807) is 11.8 Å². The Kier molecular flexibility index (Phi) is 5.74. The molecule has 0 unspecified atom stereocenters. The van der Waals surface area contributed by atoms with Crippen molar-refractivity contribution in [3.8, 4) is 11.5 Å². The maximum atomic E-state index is 10.8. The number of fused-ring (bicyclic) bond motifs is 1. The van der Waals surface area contributed by atoms with Crippen LogP contribution in [0.1, 0.15) is 12.0 Å². The normalized spacial score (nSPS) is 14.2. The van der Waals surface area contributed by atoms with Crippen molar-refractivity contribution in [1.29, 1.82) is 0 Å². The van der Waals surface area contributed by atoms with E-state index in [0.29, 0.717) is 32.7 Å². The van der Waals surface area contributed by atoms with E-state index in [1.165, 1.54) is 0 Å². The first-order valence-electron chi connectivity index (χ1n) is 6.67. The van der Waals surface area contributed by atoms with E-state index in [-0.39, 0.29) is 5.75 Å². The summed E-state index contributed by atoms with van der Waals surface area (Å²) in [7, 11) is -3.37. The fourth-order valence-electron chi connectivity index (χ4n) is 2.06. The molecule has 21 heavy (non-hydrogen) atoms. The van der Waals surface area contributed by atoms with Crippen molar-refractivity contribution in [1.82, 2.24) is 5.32 Å². The topological polar surface area (TPSA) is 90.7 Å². The van der Waals surface area contributed by atoms with Gasteiger partial charge in [-0.3, -0.25) is 0 Å². The van der Waals surface area contributed by atoms with Crippen LogP contribution in [0, 0.1) is 0 Å². The number of primary sulfonamides is 1. The highest BCUT2D eigenvalue weighted by Crippen LogP contribution is 2.36. The quantitative estimate of drug-likeness (QED) is 0.571. The molecule has 1 aliphatic heterocycles. The minimum atomic E-state index is -3.37. The van der Waals surface area contributed by atoms with E-state index in [2.05, 4.69) is 5.32 Å². The lowest BCUT2D eigenvalue weighted by Gasteiger charge is -2.21. The number of thioether (sulfide) groups is 1. The fourth-order valence-corrected chi connectivity index (χ4v) is 3.23. The van der Waals surface area contributed by atoms with Crippen molar-refractivity contribution in [3.05, 3.63) is 17.7 Å². The third kappa shape index (κ3) is 5.06. The number of rotatable bonds is 7. The number of sulfonamides is 1. The van der Waals surface area contributed by atoms with Crippen LogP contribution in [0.15, 0.2) is 17.0 Å². The average Bonchev–Trinajstić information content (AvgIpc) is 2.44. The van der Waals surface area contributed by atoms with E-state index in [0.717, 1.165) is 22.0 Å². The minimum Gasteiger partial charge on any atom is -0.486 e. The molecule has 8 heteroatoms. The van der Waals surface area contributed by atoms with Gasteiger partial charge in [0.05, 0.1) is 5.75 Å². The van der Waals surface area contributed by atoms with Crippen LogP contribution in [0.5, 0.6) is 11.5 Å². The first kappa shape index (κ1) is 16.4. The first-order valence-corrected chi connectivity index (χ1v) is 9.61. The van der Waals surface area contributed by atoms with Gasteiger partial charge in [-0.05, 0) is 36.9 Å². The number of benzene rings is 1. The Morgan fingerprint density at radius 3 is 2.57 bits per heavy atom. The molecule has 0 spiro atoms. The van der Waals surface area contributed by atoms with Crippen molar-refractivity contribution in [2.24, 2.45) is 5.14 Å². The summed E-state index contributed by atoms with van der Waals surface area (Å²) < 4.78 is 32.8. The Morgan fingerprint density at radius 1 is 1.29 bits per heavy atom. The van der Waals surface area contributed by atoms with Gasteiger partial charge in [0, 0.05) is 11.4 Å². The molecule has 0 fully saturated rings. The van der Waals surface area contributed by atoms with Gasteiger partial charge < -0.3 is 14.8 Å². The van der Waals surface area contributed by atoms with Crippen LogP contribution < -0.4 is 19.9 Å². The van der Waals surface area contributed by atoms with Crippen LogP contribution in [-0.4, -0.2) is 40.2 Å². The van der Waals surface area contributed by atoms with E-state index in [9.17, 15) is 8.42 Å². The van der Waals surface area contributed by atoms with E-state index >= 15 is 0 Å². The Balaban J connectivity index is 1.93. The molecule has 0 bridgehead atoms. The molecule has 0 aliphatic carbocycles. The van der Waals surface area contributed by atoms with Crippen LogP contribution >= 0.6 is 11.8 Å². The number of nitrogens with one attached hydrogen (secondary N) is 1. The Bertz CT molecular complexity index is 590. The number of hydrogen-bond donors (Lipinski definition) is 2. The molecule has 1 heterocycles. The molecule has 2 rings (SSSR count). The van der Waals surface area contributed by atoms with Crippen LogP contribution in [0.4, 0.5) is 0 Å². The smallest absolute Gasteiger partial charge is 0.209 e. The molecular weight excluding hydrogens is 312 g/mol. The van der Waals surface area contributed by atoms with E-state index in [1.807, 2.05) is 18.4 Å². The molecule has 0 saturated carbocycles. The maximum absolute atomic E-state index is 10.8. The average molecular weight is 332 g/mol. The zero-order chi connectivity index (χ0) is 15.3. The Hall–Kier alpha value is -0.960. The standard InChI is InChI=1S/C13H20N2O4S2/c1-20-13-8-12-11(18-4-5-19-12)7-10(13)9-15-3-2-6-21(14,16)17/h7-8,15H,2-6,9H2,1H3,(H2,14,16,17). The largest absolute Gasteiger partial charge is 0.486 e. The van der Waals surface area contributed by atoms with Crippen molar-refractivity contribution < 1.29 is 17.9 Å². The Labute approximate surface area is 129 Å². The van der Waals surface area contributed by atoms with E-state index in [4.69, 9.17) is 14.6 Å². The van der Waals surface area contributed by atoms with Gasteiger partial charge in [0.15, 0.2) is 11.5 Å². The second-order valence-electron chi connectivity index (χ2n) is 4.71. The maximum Gasteiger partial charge on any atom is 0.209 e. The van der Waals surface area contributed by atoms with Gasteiger partial charge in [-0.25, -0.2) is 13.6 Å². The highest BCUT2D eigenvalue weighted by atomic mass is 32.2. The van der Waals surface area contributed by atoms with Crippen molar-refractivity contribution >= 4 is 21.8 Å². The molecule has 0 aromatic heterocycles. The Morgan fingerprint density at radius 2 is 1.95 bits per heavy atom. The van der Waals surface area contributed by atoms with Gasteiger partial charge in [0.2, 0.25) is 10.0 Å². The molecule has 118 valence electrons. The molecule has 0 radical (unpaired) electrons. The summed E-state index contributed by atoms with van der Waals surface area (Å²) in [5.74, 6) is 1.54. The highest BCUT2D eigenvalue weighted by molar-refractivity contribution is 7.98. The molecule has 0 amide bonds. The van der Waals surface area contributed by atoms with Gasteiger partial charge >= 0.3 is 0 Å². The van der Waals surface area contributed by atoms with Crippen molar-refractivity contribution in [2.75, 3.05) is 31.8 Å². The summed E-state index contributed by atoms with van der Waals surface area (Å²) in [6.07, 6.45) is 2.51. The molecule has 0 atom stereocenters. The molecule has 0 saturated heterocycles. The zero-order valence-electron chi connectivity index (χ0n) is 11.9. The monoisotopic (exact) mass is 332 g/mol. The van der Waals surface area contributed by atoms with Crippen LogP contribution in [0.2, 0.25) is 0 Å². The summed E-state index contributed by atoms with van der Waals surface area (Å²) in [5.41, 5.74) is 1.11. The van der Waals surface area contributed by atoms with Crippen LogP contribution in [0.25, 0.3) is 0 Å². The molecule has 6 nitrogen and oxygen atoms in total. The SMILES string of the molecule is CSc1cc2c(cc1CNCCCS(N)(=O)=O)OCCO2. The third-order valence-corrected chi connectivity index (χ3v) is 4.72. The predicted octanol–water partition coefficient (Wildman–Crippen LogP) is 0.948. The molecular formula is C13H20N2O4S2. The zero-order valence-corrected chi connectivity index (χ0v) is 13.6. The van der Waals surface area contributed by atoms with Crippen LogP contribution in [-0.2, 0) is 16.6 Å². The van der Waals surface area contributed by atoms with Gasteiger partial charge in [-0.2, -0.15) is 0 Å². The van der Waals surface area contributed by atoms with Gasteiger partial charge in [0.1, 0.15) is 13.2 Å². The number of ether oxygens (including phenoxy) is 2. The van der Waals surface area contributed by atoms with Gasteiger partial charge in [-0.15, -0.1) is 11.8 Å². The van der Waals surface area contributed by atoms with E-state index < -0.39 is 10.0 Å². The van der Waals surface area contributed by atoms with Crippen molar-refractivity contribution in [2.45, 2.75) is 17.9 Å². The first-order chi connectivity index (χ1) is 9.99. The summed E-state index contributed by atoms with van der Waals surface area (Å²) in [5, 5.41) is 8.19. The highest BCUT2D eigenvalue weighted by Gasteiger charge is 2.15. The molecule has 1 aromatic rings. The number of hydrogen-bond acceptors (Lipinski definition) is 6. The predicted molar refractivity (Wildman–Crippen MR) is 83.5 cm³/mol. The van der Waals surface area contributed by atoms with Crippen LogP contribution in [0.3, 0.4) is 0 Å². The third-order valence-electron chi connectivity index (χ3n) is 3.04. The van der Waals surface area contributed by atoms with Gasteiger partial charge in [-0.1, -0.05) is 0 Å². The van der Waals surface area contributed by atoms with Gasteiger partial charge in [0.25, 0.3) is 0 Å². The summed E-state index contributed by atoms with van der Waals surface area (Å²) in [6, 6.07) is 3.97. The minimum absolute atomic E-state index is 0.00345. The summed E-state index contributed by atoms with van der Waals surface area (Å²) in [6.45, 7) is 2.38. The molecule has 1 aromatic carbocycles. The second kappa shape index (κ2) is 7.35. The second-order valence-corrected chi connectivity index (χ2v) is 7.29. The lowest BCUT2D eigenvalue weighted by molar-refractivity contribution is 0.171. The lowest BCUT2D eigenvalue weighted by Crippen LogP contribution is -2.22. The summed E-state index contributed by atoms with van der Waals surface area (Å²) >= 11 is 1.64. The molecule has 1 aliphatic rings. The number of nitrogens with two attached hydrogens (primary N) is 1. The molecule has 3 N–H and O–H groups in total. The summed E-state index contributed by atoms with van der Waals surface area (Å²) in [4.78, 5) is 1.12. The fraction of sp³-hybridized carbons (Fsp3) is 0.538. The lowest BCUT2D eigenvalue weighted by atomic mass is 10.2. The van der Waals surface area contributed by atoms with Crippen molar-refractivity contribution in [3.63, 3.8) is 0 Å².